The van der Waals surface area contributed by atoms with E-state index in [2.05, 4.69) is 5.32 Å². The molecule has 0 aliphatic carbocycles. The van der Waals surface area contributed by atoms with Crippen LogP contribution in [-0.2, 0) is 4.74 Å². The molecule has 0 saturated carbocycles. The highest BCUT2D eigenvalue weighted by molar-refractivity contribution is 4.87. The Labute approximate surface area is 42.9 Å². The normalized spacial score (nSPS) is 48.0. The average Bonchev–Trinajstić information content (AvgIpc) is 2.22. The Bertz CT molecular complexity index is 66.1. The van der Waals surface area contributed by atoms with Gasteiger partial charge in [0.05, 0.1) is 12.7 Å². The van der Waals surface area contributed by atoms with Crippen LogP contribution in [0.4, 0.5) is 0 Å². The molecule has 0 spiro atoms. The van der Waals surface area contributed by atoms with Crippen molar-refractivity contribution in [1.29, 1.82) is 0 Å². The van der Waals surface area contributed by atoms with E-state index >= 15 is 0 Å². The highest BCUT2D eigenvalue weighted by Gasteiger charge is 2.31. The molecule has 2 heteroatoms. The third-order valence-electron chi connectivity index (χ3n) is 1.71. The Balaban J connectivity index is 2.12. The summed E-state index contributed by atoms with van der Waals surface area (Å²) in [7, 11) is 0. The van der Waals surface area contributed by atoms with Gasteiger partial charge in [0.2, 0.25) is 0 Å². The van der Waals surface area contributed by atoms with Crippen molar-refractivity contribution in [3.8, 4) is 0 Å². The first-order chi connectivity index (χ1) is 3.45. The summed E-state index contributed by atoms with van der Waals surface area (Å²) in [6, 6.07) is 0.699. The topological polar surface area (TPSA) is 21.3 Å². The van der Waals surface area contributed by atoms with Crippen molar-refractivity contribution >= 4 is 0 Å². The molecule has 0 aromatic carbocycles. The summed E-state index contributed by atoms with van der Waals surface area (Å²) in [5.41, 5.74) is 0. The second-order valence-corrected chi connectivity index (χ2v) is 2.30. The van der Waals surface area contributed by atoms with E-state index in [1.165, 1.54) is 6.42 Å². The lowest BCUT2D eigenvalue weighted by atomic mass is 10.3. The highest BCUT2D eigenvalue weighted by Crippen LogP contribution is 2.17. The van der Waals surface area contributed by atoms with Gasteiger partial charge >= 0.3 is 0 Å². The summed E-state index contributed by atoms with van der Waals surface area (Å²) in [6.07, 6.45) is 1.81. The molecule has 2 aliphatic rings. The van der Waals surface area contributed by atoms with E-state index in [1.54, 1.807) is 0 Å². The van der Waals surface area contributed by atoms with Crippen LogP contribution in [-0.4, -0.2) is 25.3 Å². The van der Waals surface area contributed by atoms with Crippen molar-refractivity contribution in [2.75, 3.05) is 13.2 Å². The van der Waals surface area contributed by atoms with Crippen LogP contribution in [0.25, 0.3) is 0 Å². The number of hydrogen-bond acceptors (Lipinski definition) is 2. The van der Waals surface area contributed by atoms with Crippen molar-refractivity contribution in [2.24, 2.45) is 0 Å². The van der Waals surface area contributed by atoms with Gasteiger partial charge in [-0.25, -0.2) is 0 Å². The van der Waals surface area contributed by atoms with Crippen LogP contribution in [0.3, 0.4) is 0 Å². The van der Waals surface area contributed by atoms with E-state index in [1.807, 2.05) is 0 Å². The summed E-state index contributed by atoms with van der Waals surface area (Å²) in [6.45, 7) is 2.04. The molecule has 0 radical (unpaired) electrons. The number of fused-ring (bicyclic) bond motifs is 2. The van der Waals surface area contributed by atoms with Crippen LogP contribution in [0, 0.1) is 0 Å². The lowest BCUT2D eigenvalue weighted by molar-refractivity contribution is 0.0892. The van der Waals surface area contributed by atoms with Crippen molar-refractivity contribution in [3.05, 3.63) is 0 Å². The monoisotopic (exact) mass is 99.1 g/mol. The van der Waals surface area contributed by atoms with Crippen molar-refractivity contribution in [2.45, 2.75) is 18.6 Å². The molecule has 0 aromatic rings. The Morgan fingerprint density at radius 3 is 2.71 bits per heavy atom. The Morgan fingerprint density at radius 1 is 1.57 bits per heavy atom. The summed E-state index contributed by atoms with van der Waals surface area (Å²) in [5, 5.41) is 3.33. The molecule has 2 fully saturated rings. The minimum atomic E-state index is 0.560. The third-order valence-corrected chi connectivity index (χ3v) is 1.71. The van der Waals surface area contributed by atoms with E-state index in [-0.39, 0.29) is 0 Å². The summed E-state index contributed by atoms with van der Waals surface area (Å²) < 4.78 is 5.29. The molecule has 40 valence electrons. The lowest BCUT2D eigenvalue weighted by Crippen LogP contribution is -2.30. The summed E-state index contributed by atoms with van der Waals surface area (Å²) in [5.74, 6) is 0. The first-order valence-corrected chi connectivity index (χ1v) is 2.80. The van der Waals surface area contributed by atoms with Gasteiger partial charge in [-0.15, -0.1) is 0 Å². The molecule has 2 atom stereocenters. The quantitative estimate of drug-likeness (QED) is 0.452. The number of hydrogen-bond donors (Lipinski definition) is 1. The second kappa shape index (κ2) is 1.20. The molecule has 2 rings (SSSR count). The van der Waals surface area contributed by atoms with E-state index in [9.17, 15) is 0 Å². The molecule has 0 aromatic heterocycles. The van der Waals surface area contributed by atoms with Gasteiger partial charge in [-0.2, -0.15) is 0 Å². The average molecular weight is 99.1 g/mol. The molecular formula is C5H9NO. The molecule has 2 nitrogen and oxygen atoms in total. The standard InChI is InChI=1S/C5H9NO/c1-4-3-7-5(1)2-6-4/h4-6H,1-3H2/t4-,5+/m1/s1. The van der Waals surface area contributed by atoms with Crippen molar-refractivity contribution in [1.82, 2.24) is 5.32 Å². The fraction of sp³-hybridized carbons (Fsp3) is 1.00. The predicted octanol–water partition coefficient (Wildman–Crippen LogP) is -0.253. The zero-order valence-corrected chi connectivity index (χ0v) is 4.18. The third kappa shape index (κ3) is 0.469. The first-order valence-electron chi connectivity index (χ1n) is 2.80. The van der Waals surface area contributed by atoms with Crippen LogP contribution in [0.5, 0.6) is 0 Å². The van der Waals surface area contributed by atoms with Gasteiger partial charge in [0.25, 0.3) is 0 Å². The molecule has 0 unspecified atom stereocenters. The number of nitrogens with one attached hydrogen (secondary N) is 1. The zero-order valence-electron chi connectivity index (χ0n) is 4.18. The molecule has 7 heavy (non-hydrogen) atoms. The Hall–Kier alpha value is -0.0800. The zero-order chi connectivity index (χ0) is 4.69. The Morgan fingerprint density at radius 2 is 2.57 bits per heavy atom. The van der Waals surface area contributed by atoms with E-state index in [4.69, 9.17) is 4.74 Å². The van der Waals surface area contributed by atoms with Gasteiger partial charge in [0, 0.05) is 12.6 Å². The largest absolute Gasteiger partial charge is 0.375 e. The van der Waals surface area contributed by atoms with Gasteiger partial charge in [0.15, 0.2) is 0 Å². The maximum atomic E-state index is 5.29. The Kier molecular flexibility index (Phi) is 0.664. The SMILES string of the molecule is C1O[C@@H]2CN[C@@H]1C2. The van der Waals surface area contributed by atoms with E-state index in [0.29, 0.717) is 12.1 Å². The molecule has 2 saturated heterocycles. The van der Waals surface area contributed by atoms with Crippen molar-refractivity contribution < 1.29 is 4.74 Å². The van der Waals surface area contributed by atoms with Crippen molar-refractivity contribution in [3.63, 3.8) is 0 Å². The summed E-state index contributed by atoms with van der Waals surface area (Å²) in [4.78, 5) is 0. The van der Waals surface area contributed by atoms with Gasteiger partial charge in [-0.1, -0.05) is 0 Å². The smallest absolute Gasteiger partial charge is 0.0716 e. The number of ether oxygens (including phenoxy) is 1. The predicted molar refractivity (Wildman–Crippen MR) is 26.1 cm³/mol. The van der Waals surface area contributed by atoms with Gasteiger partial charge in [-0.3, -0.25) is 0 Å². The fourth-order valence-electron chi connectivity index (χ4n) is 1.29. The van der Waals surface area contributed by atoms with Crippen LogP contribution >= 0.6 is 0 Å². The van der Waals surface area contributed by atoms with Gasteiger partial charge in [0.1, 0.15) is 0 Å². The van der Waals surface area contributed by atoms with Crippen LogP contribution in [0.15, 0.2) is 0 Å². The molecule has 2 heterocycles. The first kappa shape index (κ1) is 3.87. The molecular weight excluding hydrogens is 90.1 g/mol. The number of rotatable bonds is 0. The van der Waals surface area contributed by atoms with Gasteiger partial charge in [-0.05, 0) is 6.42 Å². The number of morpholine rings is 1. The minimum Gasteiger partial charge on any atom is -0.375 e. The maximum absolute atomic E-state index is 5.29. The lowest BCUT2D eigenvalue weighted by Gasteiger charge is -2.09. The van der Waals surface area contributed by atoms with E-state index in [0.717, 1.165) is 13.2 Å². The van der Waals surface area contributed by atoms with Crippen LogP contribution < -0.4 is 5.32 Å². The molecule has 1 N–H and O–H groups in total. The molecule has 2 aliphatic heterocycles. The second-order valence-electron chi connectivity index (χ2n) is 2.30. The van der Waals surface area contributed by atoms with Gasteiger partial charge < -0.3 is 10.1 Å². The molecule has 0 amide bonds. The minimum absolute atomic E-state index is 0.560. The molecule has 2 bridgehead atoms. The summed E-state index contributed by atoms with van der Waals surface area (Å²) >= 11 is 0. The maximum Gasteiger partial charge on any atom is 0.0716 e. The van der Waals surface area contributed by atoms with Crippen LogP contribution in [0.1, 0.15) is 6.42 Å². The van der Waals surface area contributed by atoms with Crippen LogP contribution in [0.2, 0.25) is 0 Å². The van der Waals surface area contributed by atoms with E-state index < -0.39 is 0 Å². The highest BCUT2D eigenvalue weighted by atomic mass is 16.5. The fourth-order valence-corrected chi connectivity index (χ4v) is 1.29.